The number of nitrogen functional groups attached to an aromatic ring is 1. The number of hydrogen-bond donors (Lipinski definition) is 4. The summed E-state index contributed by atoms with van der Waals surface area (Å²) in [6.45, 7) is 5.89. The number of imidazole rings is 1. The summed E-state index contributed by atoms with van der Waals surface area (Å²) < 4.78 is 41.5. The number of carbonyl (C=O) groups excluding carboxylic acids is 1. The Hall–Kier alpha value is -4.41. The average Bonchev–Trinajstić information content (AvgIpc) is 3.22. The standard InChI is InChI=1S/C24H22F3N7O/c1-24(2,3)21-33-19(20(34-21)18-6-7-29-22(28)31-18)12-8-14(26)10-15(9-12)30-23(35)32-17-5-4-13(25)11-16(17)27/h4-11H,1-3H3,(H,33,34)(H2,28,29,31)(H2,30,32,35). The van der Waals surface area contributed by atoms with Gasteiger partial charge in [-0.05, 0) is 36.4 Å². The molecule has 0 aliphatic rings. The molecule has 0 saturated heterocycles. The summed E-state index contributed by atoms with van der Waals surface area (Å²) in [5.41, 5.74) is 6.94. The van der Waals surface area contributed by atoms with Crippen molar-refractivity contribution in [2.45, 2.75) is 26.2 Å². The second-order valence-electron chi connectivity index (χ2n) is 8.79. The number of aromatic amines is 1. The molecule has 0 aliphatic carbocycles. The molecule has 2 aromatic heterocycles. The number of hydrogen-bond acceptors (Lipinski definition) is 5. The third kappa shape index (κ3) is 5.40. The molecule has 180 valence electrons. The van der Waals surface area contributed by atoms with Crippen LogP contribution in [0.1, 0.15) is 26.6 Å². The maximum absolute atomic E-state index is 14.6. The lowest BCUT2D eigenvalue weighted by molar-refractivity contribution is 0.262. The van der Waals surface area contributed by atoms with E-state index in [4.69, 9.17) is 5.73 Å². The topological polar surface area (TPSA) is 122 Å². The van der Waals surface area contributed by atoms with Crippen molar-refractivity contribution < 1.29 is 18.0 Å². The lowest BCUT2D eigenvalue weighted by atomic mass is 9.96. The minimum atomic E-state index is -0.944. The Kier molecular flexibility index (Phi) is 6.16. The molecule has 4 rings (SSSR count). The van der Waals surface area contributed by atoms with E-state index in [9.17, 15) is 18.0 Å². The Morgan fingerprint density at radius 1 is 0.971 bits per heavy atom. The molecule has 0 radical (unpaired) electrons. The minimum Gasteiger partial charge on any atom is -0.368 e. The fourth-order valence-corrected chi connectivity index (χ4v) is 3.31. The zero-order chi connectivity index (χ0) is 25.3. The zero-order valence-electron chi connectivity index (χ0n) is 19.1. The number of rotatable bonds is 4. The lowest BCUT2D eigenvalue weighted by Gasteiger charge is -2.14. The highest BCUT2D eigenvalue weighted by molar-refractivity contribution is 6.00. The van der Waals surface area contributed by atoms with Crippen LogP contribution in [-0.4, -0.2) is 26.0 Å². The predicted octanol–water partition coefficient (Wildman–Crippen LogP) is 5.47. The summed E-state index contributed by atoms with van der Waals surface area (Å²) in [5, 5.41) is 4.72. The Balaban J connectivity index is 1.70. The van der Waals surface area contributed by atoms with Crippen molar-refractivity contribution in [1.82, 2.24) is 19.9 Å². The second kappa shape index (κ2) is 9.09. The van der Waals surface area contributed by atoms with Gasteiger partial charge in [-0.1, -0.05) is 20.8 Å². The van der Waals surface area contributed by atoms with Gasteiger partial charge in [-0.15, -0.1) is 0 Å². The third-order valence-electron chi connectivity index (χ3n) is 4.95. The van der Waals surface area contributed by atoms with Gasteiger partial charge in [0.15, 0.2) is 0 Å². The molecule has 5 N–H and O–H groups in total. The highest BCUT2D eigenvalue weighted by atomic mass is 19.1. The van der Waals surface area contributed by atoms with Crippen LogP contribution in [0.25, 0.3) is 22.6 Å². The number of H-pyrrole nitrogens is 1. The van der Waals surface area contributed by atoms with Crippen LogP contribution in [0.15, 0.2) is 48.7 Å². The fourth-order valence-electron chi connectivity index (χ4n) is 3.31. The molecule has 2 amide bonds. The molecule has 0 saturated carbocycles. The van der Waals surface area contributed by atoms with Crippen molar-refractivity contribution in [3.05, 3.63) is 71.9 Å². The van der Waals surface area contributed by atoms with Gasteiger partial charge in [-0.25, -0.2) is 32.9 Å². The largest absolute Gasteiger partial charge is 0.368 e. The van der Waals surface area contributed by atoms with E-state index < -0.39 is 23.5 Å². The summed E-state index contributed by atoms with van der Waals surface area (Å²) >= 11 is 0. The maximum atomic E-state index is 14.6. The van der Waals surface area contributed by atoms with Crippen LogP contribution in [-0.2, 0) is 5.41 Å². The number of aromatic nitrogens is 4. The van der Waals surface area contributed by atoms with Crippen LogP contribution in [0, 0.1) is 17.5 Å². The van der Waals surface area contributed by atoms with Gasteiger partial charge in [0.05, 0.1) is 22.8 Å². The first-order valence-corrected chi connectivity index (χ1v) is 10.5. The molecule has 0 bridgehead atoms. The van der Waals surface area contributed by atoms with Gasteiger partial charge < -0.3 is 21.4 Å². The number of amides is 2. The normalized spacial score (nSPS) is 11.4. The molecule has 8 nitrogen and oxygen atoms in total. The quantitative estimate of drug-likeness (QED) is 0.308. The Labute approximate surface area is 198 Å². The van der Waals surface area contributed by atoms with Crippen LogP contribution < -0.4 is 16.4 Å². The van der Waals surface area contributed by atoms with Gasteiger partial charge in [0, 0.05) is 28.9 Å². The number of urea groups is 1. The van der Waals surface area contributed by atoms with E-state index in [2.05, 4.69) is 30.6 Å². The monoisotopic (exact) mass is 481 g/mol. The first-order chi connectivity index (χ1) is 16.5. The number of anilines is 3. The highest BCUT2D eigenvalue weighted by Crippen LogP contribution is 2.34. The fraction of sp³-hybridized carbons (Fsp3) is 0.167. The van der Waals surface area contributed by atoms with Crippen LogP contribution in [0.4, 0.5) is 35.3 Å². The Bertz CT molecular complexity index is 1410. The molecule has 0 aliphatic heterocycles. The summed E-state index contributed by atoms with van der Waals surface area (Å²) in [6.07, 6.45) is 1.50. The Morgan fingerprint density at radius 3 is 2.43 bits per heavy atom. The second-order valence-corrected chi connectivity index (χ2v) is 8.79. The van der Waals surface area contributed by atoms with Crippen molar-refractivity contribution in [1.29, 1.82) is 0 Å². The lowest BCUT2D eigenvalue weighted by Crippen LogP contribution is -2.20. The summed E-state index contributed by atoms with van der Waals surface area (Å²) in [7, 11) is 0. The Morgan fingerprint density at radius 2 is 1.74 bits per heavy atom. The van der Waals surface area contributed by atoms with Gasteiger partial charge in [0.2, 0.25) is 5.95 Å². The summed E-state index contributed by atoms with van der Waals surface area (Å²) in [6, 6.07) is 7.41. The van der Waals surface area contributed by atoms with E-state index >= 15 is 0 Å². The van der Waals surface area contributed by atoms with E-state index in [1.807, 2.05) is 20.8 Å². The third-order valence-corrected chi connectivity index (χ3v) is 4.95. The predicted molar refractivity (Wildman–Crippen MR) is 127 cm³/mol. The van der Waals surface area contributed by atoms with Crippen molar-refractivity contribution in [3.8, 4) is 22.6 Å². The highest BCUT2D eigenvalue weighted by Gasteiger charge is 2.24. The van der Waals surface area contributed by atoms with Gasteiger partial charge in [-0.3, -0.25) is 0 Å². The van der Waals surface area contributed by atoms with Crippen molar-refractivity contribution in [2.24, 2.45) is 0 Å². The molecular weight excluding hydrogens is 459 g/mol. The molecule has 11 heteroatoms. The molecule has 4 aromatic rings. The molecule has 0 unspecified atom stereocenters. The molecule has 35 heavy (non-hydrogen) atoms. The average molecular weight is 481 g/mol. The number of benzene rings is 2. The van der Waals surface area contributed by atoms with E-state index in [0.29, 0.717) is 34.5 Å². The number of nitrogens with one attached hydrogen (secondary N) is 3. The van der Waals surface area contributed by atoms with Gasteiger partial charge in [-0.2, -0.15) is 0 Å². The van der Waals surface area contributed by atoms with Crippen molar-refractivity contribution >= 4 is 23.4 Å². The first-order valence-electron chi connectivity index (χ1n) is 10.5. The first kappa shape index (κ1) is 23.7. The molecule has 0 spiro atoms. The molecule has 2 heterocycles. The molecule has 2 aromatic carbocycles. The smallest absolute Gasteiger partial charge is 0.323 e. The minimum absolute atomic E-state index is 0.0617. The van der Waals surface area contributed by atoms with Gasteiger partial charge in [0.25, 0.3) is 0 Å². The number of carbonyl (C=O) groups is 1. The zero-order valence-corrected chi connectivity index (χ0v) is 19.1. The van der Waals surface area contributed by atoms with E-state index in [1.165, 1.54) is 18.3 Å². The summed E-state index contributed by atoms with van der Waals surface area (Å²) in [4.78, 5) is 28.4. The van der Waals surface area contributed by atoms with E-state index in [1.54, 1.807) is 6.07 Å². The number of nitrogens with two attached hydrogens (primary N) is 1. The molecule has 0 atom stereocenters. The molecular formula is C24H22F3N7O. The number of halogens is 3. The van der Waals surface area contributed by atoms with E-state index in [0.717, 1.165) is 18.2 Å². The van der Waals surface area contributed by atoms with E-state index in [-0.39, 0.29) is 22.7 Å². The van der Waals surface area contributed by atoms with Crippen LogP contribution in [0.2, 0.25) is 0 Å². The van der Waals surface area contributed by atoms with Gasteiger partial charge >= 0.3 is 6.03 Å². The molecule has 0 fully saturated rings. The van der Waals surface area contributed by atoms with Crippen molar-refractivity contribution in [3.63, 3.8) is 0 Å². The maximum Gasteiger partial charge on any atom is 0.323 e. The van der Waals surface area contributed by atoms with Crippen LogP contribution >= 0.6 is 0 Å². The van der Waals surface area contributed by atoms with Gasteiger partial charge in [0.1, 0.15) is 23.3 Å². The SMILES string of the molecule is CC(C)(C)c1nc(-c2cc(F)cc(NC(=O)Nc3ccc(F)cc3F)c2)c(-c2ccnc(N)n2)[nH]1. The van der Waals surface area contributed by atoms with Crippen molar-refractivity contribution in [2.75, 3.05) is 16.4 Å². The summed E-state index contributed by atoms with van der Waals surface area (Å²) in [5.74, 6) is -1.67. The van der Waals surface area contributed by atoms with Crippen LogP contribution in [0.3, 0.4) is 0 Å². The number of nitrogens with zero attached hydrogens (tertiary/aromatic N) is 3. The van der Waals surface area contributed by atoms with Crippen LogP contribution in [0.5, 0.6) is 0 Å².